The van der Waals surface area contributed by atoms with Crippen molar-refractivity contribution in [2.24, 2.45) is 5.92 Å². The molecule has 0 nitrogen and oxygen atoms in total. The van der Waals surface area contributed by atoms with Gasteiger partial charge in [0.2, 0.25) is 0 Å². The van der Waals surface area contributed by atoms with Crippen molar-refractivity contribution in [3.05, 3.63) is 0 Å². The minimum Gasteiger partial charge on any atom is -0.0761 e. The van der Waals surface area contributed by atoms with Gasteiger partial charge in [0, 0.05) is 8.07 Å². The third-order valence-corrected chi connectivity index (χ3v) is 8.47. The summed E-state index contributed by atoms with van der Waals surface area (Å²) in [5.41, 5.74) is 0. The Kier molecular flexibility index (Phi) is 4.14. The Morgan fingerprint density at radius 2 is 1.67 bits per heavy atom. The molecule has 0 N–H and O–H groups in total. The molecule has 0 unspecified atom stereocenters. The largest absolute Gasteiger partial charge is 0.145 e. The van der Waals surface area contributed by atoms with Crippen molar-refractivity contribution < 1.29 is 0 Å². The lowest BCUT2D eigenvalue weighted by Crippen LogP contribution is -2.32. The molecule has 0 bridgehead atoms. The summed E-state index contributed by atoms with van der Waals surface area (Å²) in [5, 5.41) is 0.550. The van der Waals surface area contributed by atoms with Gasteiger partial charge in [-0.3, -0.25) is 0 Å². The lowest BCUT2D eigenvalue weighted by Gasteiger charge is -2.36. The highest BCUT2D eigenvalue weighted by atomic mass is 28.3. The predicted octanol–water partition coefficient (Wildman–Crippen LogP) is 5.03. The molecule has 2 heteroatoms. The van der Waals surface area contributed by atoms with Gasteiger partial charge in [-0.05, 0) is 5.92 Å². The van der Waals surface area contributed by atoms with E-state index in [1.165, 1.54) is 19.1 Å². The van der Waals surface area contributed by atoms with Crippen molar-refractivity contribution in [1.82, 2.24) is 0 Å². The van der Waals surface area contributed by atoms with Gasteiger partial charge in [-0.15, -0.1) is 0 Å². The van der Waals surface area contributed by atoms with Crippen LogP contribution in [0.4, 0.5) is 0 Å². The fraction of sp³-hybridized carbons (Fsp3) is 1.00. The fourth-order valence-electron chi connectivity index (χ4n) is 2.88. The minimum atomic E-state index is -0.796. The van der Waals surface area contributed by atoms with Crippen molar-refractivity contribution in [3.63, 3.8) is 0 Å². The second-order valence-corrected chi connectivity index (χ2v) is 12.6. The van der Waals surface area contributed by atoms with Crippen molar-refractivity contribution >= 4 is 14.8 Å². The Labute approximate surface area is 98.3 Å². The van der Waals surface area contributed by atoms with Gasteiger partial charge in [0.05, 0.1) is 0 Å². The summed E-state index contributed by atoms with van der Waals surface area (Å²) >= 11 is 0. The summed E-state index contributed by atoms with van der Waals surface area (Å²) in [6.07, 6.45) is 4.49. The number of hydrogen-bond acceptors (Lipinski definition) is 0. The Balaban J connectivity index is 2.65. The summed E-state index contributed by atoms with van der Waals surface area (Å²) < 4.78 is 0. The lowest BCUT2D eigenvalue weighted by atomic mass is 9.28. The predicted molar refractivity (Wildman–Crippen MR) is 76.0 cm³/mol. The standard InChI is InChI=1S/C13H29BSi/c1-12(2)13(3,4)14-8-7-10-15(5,6)11-9-14/h12H,7-11H2,1-6H3. The quantitative estimate of drug-likeness (QED) is 0.577. The fourth-order valence-corrected chi connectivity index (χ4v) is 5.42. The normalized spacial score (nSPS) is 23.0. The highest BCUT2D eigenvalue weighted by Gasteiger charge is 2.38. The zero-order valence-corrected chi connectivity index (χ0v) is 12.7. The van der Waals surface area contributed by atoms with Gasteiger partial charge in [-0.1, -0.05) is 77.3 Å². The van der Waals surface area contributed by atoms with Crippen molar-refractivity contribution in [3.8, 4) is 0 Å². The van der Waals surface area contributed by atoms with Gasteiger partial charge in [-0.25, -0.2) is 0 Å². The van der Waals surface area contributed by atoms with Crippen LogP contribution in [0.5, 0.6) is 0 Å². The van der Waals surface area contributed by atoms with Gasteiger partial charge < -0.3 is 0 Å². The van der Waals surface area contributed by atoms with Crippen LogP contribution >= 0.6 is 0 Å². The van der Waals surface area contributed by atoms with E-state index in [4.69, 9.17) is 0 Å². The average molecular weight is 224 g/mol. The van der Waals surface area contributed by atoms with E-state index in [1.807, 2.05) is 0 Å². The summed E-state index contributed by atoms with van der Waals surface area (Å²) in [6, 6.07) is 3.13. The molecule has 1 aliphatic heterocycles. The third-order valence-electron chi connectivity index (χ3n) is 5.12. The molecule has 0 radical (unpaired) electrons. The average Bonchev–Trinajstić information content (AvgIpc) is 2.26. The zero-order valence-electron chi connectivity index (χ0n) is 11.7. The molecule has 1 heterocycles. The van der Waals surface area contributed by atoms with E-state index in [-0.39, 0.29) is 0 Å². The van der Waals surface area contributed by atoms with E-state index in [0.29, 0.717) is 5.31 Å². The summed E-state index contributed by atoms with van der Waals surface area (Å²) in [6.45, 7) is 15.9. The first-order valence-corrected chi connectivity index (χ1v) is 10.2. The van der Waals surface area contributed by atoms with E-state index < -0.39 is 8.07 Å². The first kappa shape index (κ1) is 13.3. The minimum absolute atomic E-state index is 0.550. The monoisotopic (exact) mass is 224 g/mol. The van der Waals surface area contributed by atoms with Gasteiger partial charge in [0.25, 0.3) is 0 Å². The number of rotatable bonds is 2. The molecule has 1 fully saturated rings. The van der Waals surface area contributed by atoms with Crippen LogP contribution in [0.1, 0.15) is 34.1 Å². The summed E-state index contributed by atoms with van der Waals surface area (Å²) in [4.78, 5) is 0. The molecule has 0 aliphatic carbocycles. The Hall–Kier alpha value is 0.282. The van der Waals surface area contributed by atoms with Crippen LogP contribution < -0.4 is 0 Å². The Morgan fingerprint density at radius 3 is 2.20 bits per heavy atom. The highest BCUT2D eigenvalue weighted by molar-refractivity contribution is 6.79. The van der Waals surface area contributed by atoms with Crippen LogP contribution in [0.2, 0.25) is 43.1 Å². The molecule has 0 aromatic carbocycles. The van der Waals surface area contributed by atoms with E-state index in [2.05, 4.69) is 40.8 Å². The van der Waals surface area contributed by atoms with E-state index in [9.17, 15) is 0 Å². The second-order valence-electron chi connectivity index (χ2n) is 7.27. The highest BCUT2D eigenvalue weighted by Crippen LogP contribution is 2.44. The molecule has 0 saturated carbocycles. The molecule has 0 amide bonds. The third kappa shape index (κ3) is 3.37. The van der Waals surface area contributed by atoms with Crippen molar-refractivity contribution in [2.75, 3.05) is 0 Å². The molecule has 1 saturated heterocycles. The topological polar surface area (TPSA) is 0 Å². The molecule has 15 heavy (non-hydrogen) atoms. The SMILES string of the molecule is CC(C)C(C)(C)B1CCC[Si](C)(C)CC1. The van der Waals surface area contributed by atoms with Crippen LogP contribution in [-0.4, -0.2) is 14.8 Å². The molecule has 0 spiro atoms. The Bertz CT molecular complexity index is 209. The van der Waals surface area contributed by atoms with Gasteiger partial charge in [0.1, 0.15) is 6.71 Å². The summed E-state index contributed by atoms with van der Waals surface area (Å²) in [5.74, 6) is 0.824. The summed E-state index contributed by atoms with van der Waals surface area (Å²) in [7, 11) is -0.796. The maximum Gasteiger partial charge on any atom is 0.145 e. The second kappa shape index (κ2) is 4.65. The molecule has 0 aromatic heterocycles. The molecule has 1 aliphatic rings. The van der Waals surface area contributed by atoms with Crippen LogP contribution in [0.15, 0.2) is 0 Å². The number of hydrogen-bond donors (Lipinski definition) is 0. The van der Waals surface area contributed by atoms with Gasteiger partial charge >= 0.3 is 0 Å². The molecule has 88 valence electrons. The maximum absolute atomic E-state index is 2.58. The van der Waals surface area contributed by atoms with Crippen molar-refractivity contribution in [1.29, 1.82) is 0 Å². The van der Waals surface area contributed by atoms with Crippen LogP contribution in [-0.2, 0) is 0 Å². The molecule has 0 aromatic rings. The van der Waals surface area contributed by atoms with E-state index >= 15 is 0 Å². The van der Waals surface area contributed by atoms with Crippen LogP contribution in [0.25, 0.3) is 0 Å². The maximum atomic E-state index is 2.58. The zero-order chi connectivity index (χ0) is 11.7. The van der Waals surface area contributed by atoms with Crippen molar-refractivity contribution in [2.45, 2.75) is 77.3 Å². The molecule has 1 rings (SSSR count). The first-order chi connectivity index (χ1) is 6.76. The van der Waals surface area contributed by atoms with E-state index in [1.54, 1.807) is 12.1 Å². The van der Waals surface area contributed by atoms with Gasteiger partial charge in [-0.2, -0.15) is 0 Å². The molecular formula is C13H29BSi. The smallest absolute Gasteiger partial charge is 0.0761 e. The lowest BCUT2D eigenvalue weighted by molar-refractivity contribution is 0.463. The van der Waals surface area contributed by atoms with E-state index in [0.717, 1.165) is 12.6 Å². The molecule has 0 atom stereocenters. The van der Waals surface area contributed by atoms with Crippen LogP contribution in [0.3, 0.4) is 0 Å². The van der Waals surface area contributed by atoms with Crippen LogP contribution in [0, 0.1) is 5.92 Å². The first-order valence-electron chi connectivity index (χ1n) is 6.76. The Morgan fingerprint density at radius 1 is 1.07 bits per heavy atom. The van der Waals surface area contributed by atoms with Gasteiger partial charge in [0.15, 0.2) is 0 Å². The molecular weight excluding hydrogens is 195 g/mol.